The molecule has 130 valence electrons. The minimum absolute atomic E-state index is 0.200. The first-order chi connectivity index (χ1) is 12.4. The van der Waals surface area contributed by atoms with E-state index in [0.29, 0.717) is 10.6 Å². The van der Waals surface area contributed by atoms with Gasteiger partial charge in [-0.05, 0) is 55.7 Å². The smallest absolute Gasteiger partial charge is 0.267 e. The molecule has 0 atom stereocenters. The molecule has 0 fully saturated rings. The van der Waals surface area contributed by atoms with Crippen molar-refractivity contribution in [2.24, 2.45) is 0 Å². The van der Waals surface area contributed by atoms with Gasteiger partial charge in [0.2, 0.25) is 0 Å². The summed E-state index contributed by atoms with van der Waals surface area (Å²) >= 11 is 1.34. The molecule has 0 aliphatic heterocycles. The van der Waals surface area contributed by atoms with Crippen molar-refractivity contribution in [2.75, 3.05) is 11.1 Å². The van der Waals surface area contributed by atoms with Crippen LogP contribution in [0.3, 0.4) is 0 Å². The van der Waals surface area contributed by atoms with Gasteiger partial charge in [0, 0.05) is 16.5 Å². The molecule has 0 aliphatic rings. The summed E-state index contributed by atoms with van der Waals surface area (Å²) in [5, 5.41) is 4.84. The molecule has 0 unspecified atom stereocenters. The van der Waals surface area contributed by atoms with Gasteiger partial charge in [-0.15, -0.1) is 11.3 Å². The number of hydrogen-bond donors (Lipinski definition) is 2. The maximum atomic E-state index is 12.7. The van der Waals surface area contributed by atoms with Crippen molar-refractivity contribution in [3.8, 4) is 0 Å². The molecule has 2 aromatic heterocycles. The number of benzene rings is 2. The Hall–Kier alpha value is -2.92. The minimum atomic E-state index is -0.200. The molecule has 1 amide bonds. The zero-order valence-corrected chi connectivity index (χ0v) is 15.7. The fraction of sp³-hybridized carbons (Fsp3) is 0.143. The Labute approximate surface area is 155 Å². The van der Waals surface area contributed by atoms with Gasteiger partial charge in [-0.2, -0.15) is 0 Å². The van der Waals surface area contributed by atoms with Crippen molar-refractivity contribution < 1.29 is 4.79 Å². The molecule has 0 spiro atoms. The second-order valence-corrected chi connectivity index (χ2v) is 7.60. The highest BCUT2D eigenvalue weighted by atomic mass is 32.1. The number of aromatic nitrogens is 1. The average Bonchev–Trinajstić information content (AvgIpc) is 2.94. The lowest BCUT2D eigenvalue weighted by atomic mass is 10.0. The van der Waals surface area contributed by atoms with Crippen LogP contribution >= 0.6 is 11.3 Å². The molecule has 0 bridgehead atoms. The van der Waals surface area contributed by atoms with Crippen molar-refractivity contribution >= 4 is 49.7 Å². The number of carbonyl (C=O) groups is 1. The summed E-state index contributed by atoms with van der Waals surface area (Å²) in [6, 6.07) is 13.9. The molecule has 0 saturated carbocycles. The lowest BCUT2D eigenvalue weighted by Crippen LogP contribution is -2.11. The van der Waals surface area contributed by atoms with E-state index in [1.807, 2.05) is 38.1 Å². The van der Waals surface area contributed by atoms with Gasteiger partial charge in [-0.3, -0.25) is 4.79 Å². The van der Waals surface area contributed by atoms with Gasteiger partial charge in [0.25, 0.3) is 5.91 Å². The molecule has 26 heavy (non-hydrogen) atoms. The molecule has 3 N–H and O–H groups in total. The summed E-state index contributed by atoms with van der Waals surface area (Å²) in [7, 11) is 0. The van der Waals surface area contributed by atoms with Crippen LogP contribution < -0.4 is 11.1 Å². The topological polar surface area (TPSA) is 68.0 Å². The molecule has 4 nitrogen and oxygen atoms in total. The Bertz CT molecular complexity index is 1180. The summed E-state index contributed by atoms with van der Waals surface area (Å²) < 4.78 is 0. The van der Waals surface area contributed by atoms with E-state index in [2.05, 4.69) is 30.4 Å². The van der Waals surface area contributed by atoms with Crippen LogP contribution in [0.1, 0.15) is 26.4 Å². The van der Waals surface area contributed by atoms with E-state index in [9.17, 15) is 4.79 Å². The van der Waals surface area contributed by atoms with E-state index >= 15 is 0 Å². The molecule has 0 saturated heterocycles. The third-order valence-electron chi connectivity index (χ3n) is 4.58. The predicted molar refractivity (Wildman–Crippen MR) is 110 cm³/mol. The number of pyridine rings is 1. The van der Waals surface area contributed by atoms with Crippen molar-refractivity contribution in [3.05, 3.63) is 64.0 Å². The number of anilines is 2. The number of carbonyl (C=O) groups excluding carboxylic acids is 1. The quantitative estimate of drug-likeness (QED) is 0.515. The second kappa shape index (κ2) is 6.11. The Morgan fingerprint density at radius 2 is 1.81 bits per heavy atom. The van der Waals surface area contributed by atoms with Gasteiger partial charge in [-0.1, -0.05) is 24.3 Å². The van der Waals surface area contributed by atoms with E-state index < -0.39 is 0 Å². The van der Waals surface area contributed by atoms with E-state index in [1.54, 1.807) is 0 Å². The average molecular weight is 361 g/mol. The third-order valence-corrected chi connectivity index (χ3v) is 5.70. The van der Waals surface area contributed by atoms with Gasteiger partial charge in [0.05, 0.1) is 11.2 Å². The molecule has 4 rings (SSSR count). The second-order valence-electron chi connectivity index (χ2n) is 6.61. The number of nitrogens with two attached hydrogens (primary N) is 1. The first-order valence-electron chi connectivity index (χ1n) is 8.41. The van der Waals surface area contributed by atoms with Crippen LogP contribution in [0.5, 0.6) is 0 Å². The standard InChI is InChI=1S/C21H19N3OS/c1-11-5-4-6-14(9-11)23-20(25)19-17(22)16-10-15-12(2)7-8-13(3)18(15)24-21(16)26-19/h4-10H,22H2,1-3H3,(H,23,25). The normalized spacial score (nSPS) is 11.2. The largest absolute Gasteiger partial charge is 0.397 e. The van der Waals surface area contributed by atoms with Crippen LogP contribution in [0.25, 0.3) is 21.1 Å². The summed E-state index contributed by atoms with van der Waals surface area (Å²) in [6.45, 7) is 6.09. The maximum absolute atomic E-state index is 12.7. The van der Waals surface area contributed by atoms with Gasteiger partial charge in [0.1, 0.15) is 9.71 Å². The zero-order valence-electron chi connectivity index (χ0n) is 14.9. The predicted octanol–water partition coefficient (Wildman–Crippen LogP) is 5.21. The van der Waals surface area contributed by atoms with Crippen LogP contribution in [-0.2, 0) is 0 Å². The van der Waals surface area contributed by atoms with Crippen LogP contribution in [0, 0.1) is 20.8 Å². The SMILES string of the molecule is Cc1cccc(NC(=O)c2sc3nc4c(C)ccc(C)c4cc3c2N)c1. The highest BCUT2D eigenvalue weighted by molar-refractivity contribution is 7.21. The van der Waals surface area contributed by atoms with E-state index in [1.165, 1.54) is 11.3 Å². The van der Waals surface area contributed by atoms with Crippen molar-refractivity contribution in [1.29, 1.82) is 0 Å². The molecule has 0 aliphatic carbocycles. The van der Waals surface area contributed by atoms with Gasteiger partial charge >= 0.3 is 0 Å². The Morgan fingerprint density at radius 3 is 2.58 bits per heavy atom. The summed E-state index contributed by atoms with van der Waals surface area (Å²) in [5.74, 6) is -0.200. The Kier molecular flexibility index (Phi) is 3.89. The number of fused-ring (bicyclic) bond motifs is 2. The molecule has 4 aromatic rings. The molecule has 0 radical (unpaired) electrons. The lowest BCUT2D eigenvalue weighted by Gasteiger charge is -2.05. The molecular formula is C21H19N3OS. The number of rotatable bonds is 2. The van der Waals surface area contributed by atoms with Crippen LogP contribution in [0.4, 0.5) is 11.4 Å². The van der Waals surface area contributed by atoms with Crippen LogP contribution in [0.2, 0.25) is 0 Å². The number of amides is 1. The molecule has 5 heteroatoms. The summed E-state index contributed by atoms with van der Waals surface area (Å²) in [4.78, 5) is 18.8. The van der Waals surface area contributed by atoms with Gasteiger partial charge in [-0.25, -0.2) is 4.98 Å². The number of aryl methyl sites for hydroxylation is 3. The van der Waals surface area contributed by atoms with E-state index in [-0.39, 0.29) is 5.91 Å². The number of nitrogens with one attached hydrogen (secondary N) is 1. The third kappa shape index (κ3) is 2.70. The van der Waals surface area contributed by atoms with Crippen LogP contribution in [-0.4, -0.2) is 10.9 Å². The number of thiophene rings is 1. The minimum Gasteiger partial charge on any atom is -0.397 e. The molecule has 2 heterocycles. The monoisotopic (exact) mass is 361 g/mol. The zero-order chi connectivity index (χ0) is 18.4. The molecule has 2 aromatic carbocycles. The van der Waals surface area contributed by atoms with E-state index in [4.69, 9.17) is 10.7 Å². The lowest BCUT2D eigenvalue weighted by molar-refractivity contribution is 0.103. The number of nitrogens with zero attached hydrogens (tertiary/aromatic N) is 1. The first-order valence-corrected chi connectivity index (χ1v) is 9.22. The van der Waals surface area contributed by atoms with Crippen LogP contribution in [0.15, 0.2) is 42.5 Å². The van der Waals surface area contributed by atoms with Crippen molar-refractivity contribution in [1.82, 2.24) is 4.98 Å². The van der Waals surface area contributed by atoms with Gasteiger partial charge < -0.3 is 11.1 Å². The fourth-order valence-corrected chi connectivity index (χ4v) is 4.11. The number of nitrogen functional groups attached to an aromatic ring is 1. The Balaban J connectivity index is 1.82. The first kappa shape index (κ1) is 16.5. The fourth-order valence-electron chi connectivity index (χ4n) is 3.14. The maximum Gasteiger partial charge on any atom is 0.267 e. The van der Waals surface area contributed by atoms with E-state index in [0.717, 1.165) is 43.5 Å². The Morgan fingerprint density at radius 1 is 1.04 bits per heavy atom. The summed E-state index contributed by atoms with van der Waals surface area (Å²) in [5.41, 5.74) is 11.9. The van der Waals surface area contributed by atoms with Crippen molar-refractivity contribution in [2.45, 2.75) is 20.8 Å². The number of hydrogen-bond acceptors (Lipinski definition) is 4. The van der Waals surface area contributed by atoms with Gasteiger partial charge in [0.15, 0.2) is 0 Å². The summed E-state index contributed by atoms with van der Waals surface area (Å²) in [6.07, 6.45) is 0. The highest BCUT2D eigenvalue weighted by Gasteiger charge is 2.19. The molecular weight excluding hydrogens is 342 g/mol. The van der Waals surface area contributed by atoms with Crippen molar-refractivity contribution in [3.63, 3.8) is 0 Å². The highest BCUT2D eigenvalue weighted by Crippen LogP contribution is 2.36.